The molecule has 2 N–H and O–H groups in total. The summed E-state index contributed by atoms with van der Waals surface area (Å²) in [5, 5.41) is 0. The van der Waals surface area contributed by atoms with Gasteiger partial charge in [0.2, 0.25) is 0 Å². The van der Waals surface area contributed by atoms with Crippen LogP contribution in [0.5, 0.6) is 5.75 Å². The number of rotatable bonds is 4. The zero-order valence-electron chi connectivity index (χ0n) is 10.5. The lowest BCUT2D eigenvalue weighted by Crippen LogP contribution is -2.16. The molecular formula is C14H10F5NO. The first-order valence-corrected chi connectivity index (χ1v) is 5.84. The Bertz CT molecular complexity index is 647. The van der Waals surface area contributed by atoms with Gasteiger partial charge in [0, 0.05) is 17.2 Å². The minimum atomic E-state index is -3.09. The summed E-state index contributed by atoms with van der Waals surface area (Å²) >= 11 is 0. The second kappa shape index (κ2) is 6.09. The molecule has 0 aliphatic heterocycles. The number of hydrogen-bond donors (Lipinski definition) is 1. The molecule has 2 aromatic carbocycles. The maximum atomic E-state index is 13.7. The molecule has 0 saturated heterocycles. The predicted molar refractivity (Wildman–Crippen MR) is 65.4 cm³/mol. The molecule has 0 fully saturated rings. The average Bonchev–Trinajstić information content (AvgIpc) is 2.42. The fraction of sp³-hybridized carbons (Fsp3) is 0.143. The molecule has 2 rings (SSSR count). The van der Waals surface area contributed by atoms with Crippen LogP contribution in [-0.2, 0) is 0 Å². The molecule has 0 aliphatic rings. The predicted octanol–water partition coefficient (Wildman–Crippen LogP) is 3.75. The van der Waals surface area contributed by atoms with Gasteiger partial charge in [-0.05, 0) is 12.1 Å². The van der Waals surface area contributed by atoms with E-state index in [1.165, 1.54) is 24.3 Å². The third-order valence-corrected chi connectivity index (χ3v) is 2.84. The van der Waals surface area contributed by atoms with Gasteiger partial charge in [0.15, 0.2) is 11.6 Å². The zero-order chi connectivity index (χ0) is 15.6. The van der Waals surface area contributed by atoms with Crippen molar-refractivity contribution in [2.45, 2.75) is 12.7 Å². The van der Waals surface area contributed by atoms with Crippen LogP contribution in [-0.4, -0.2) is 6.61 Å². The molecule has 0 spiro atoms. The quantitative estimate of drug-likeness (QED) is 0.689. The fourth-order valence-corrected chi connectivity index (χ4v) is 1.88. The van der Waals surface area contributed by atoms with Crippen LogP contribution in [0.25, 0.3) is 0 Å². The number of nitrogens with two attached hydrogens (primary N) is 1. The Morgan fingerprint density at radius 2 is 1.48 bits per heavy atom. The molecule has 0 aromatic heterocycles. The van der Waals surface area contributed by atoms with E-state index in [2.05, 4.69) is 4.74 Å². The smallest absolute Gasteiger partial charge is 0.387 e. The normalized spacial score (nSPS) is 12.5. The Labute approximate surface area is 116 Å². The fourth-order valence-electron chi connectivity index (χ4n) is 1.88. The highest BCUT2D eigenvalue weighted by atomic mass is 19.3. The van der Waals surface area contributed by atoms with Gasteiger partial charge in [0.25, 0.3) is 0 Å². The molecule has 0 bridgehead atoms. The maximum absolute atomic E-state index is 13.7. The van der Waals surface area contributed by atoms with Crippen LogP contribution in [0.4, 0.5) is 22.0 Å². The van der Waals surface area contributed by atoms with Crippen LogP contribution < -0.4 is 10.5 Å². The van der Waals surface area contributed by atoms with Crippen molar-refractivity contribution in [2.24, 2.45) is 5.73 Å². The van der Waals surface area contributed by atoms with E-state index in [1.807, 2.05) is 0 Å². The van der Waals surface area contributed by atoms with E-state index in [9.17, 15) is 22.0 Å². The van der Waals surface area contributed by atoms with Crippen molar-refractivity contribution in [3.05, 3.63) is 65.0 Å². The summed E-state index contributed by atoms with van der Waals surface area (Å²) in [6.45, 7) is -3.09. The van der Waals surface area contributed by atoms with Crippen molar-refractivity contribution in [1.82, 2.24) is 0 Å². The standard InChI is InChI=1S/C14H10F5NO/c15-9-6-11(17)10(16)5-8(9)13(20)7-3-1-2-4-12(7)21-14(18)19/h1-6,13-14H,20H2. The van der Waals surface area contributed by atoms with Gasteiger partial charge in [-0.3, -0.25) is 0 Å². The van der Waals surface area contributed by atoms with Crippen molar-refractivity contribution >= 4 is 0 Å². The van der Waals surface area contributed by atoms with Crippen LogP contribution in [0.2, 0.25) is 0 Å². The van der Waals surface area contributed by atoms with Crippen LogP contribution in [0, 0.1) is 17.5 Å². The minimum absolute atomic E-state index is 0.0303. The lowest BCUT2D eigenvalue weighted by molar-refractivity contribution is -0.0505. The Morgan fingerprint density at radius 1 is 0.857 bits per heavy atom. The summed E-state index contributed by atoms with van der Waals surface area (Å²) in [5.41, 5.74) is 5.43. The Hall–Kier alpha value is -2.15. The molecule has 0 heterocycles. The number of halogens is 5. The molecular weight excluding hydrogens is 293 g/mol. The van der Waals surface area contributed by atoms with E-state index in [4.69, 9.17) is 5.73 Å². The highest BCUT2D eigenvalue weighted by molar-refractivity contribution is 5.41. The molecule has 0 aliphatic carbocycles. The third-order valence-electron chi connectivity index (χ3n) is 2.84. The number of ether oxygens (including phenoxy) is 1. The molecule has 2 aromatic rings. The van der Waals surface area contributed by atoms with Crippen LogP contribution in [0.3, 0.4) is 0 Å². The highest BCUT2D eigenvalue weighted by Gasteiger charge is 2.21. The van der Waals surface area contributed by atoms with E-state index in [-0.39, 0.29) is 16.9 Å². The number of alkyl halides is 2. The van der Waals surface area contributed by atoms with Gasteiger partial charge in [0.1, 0.15) is 11.6 Å². The van der Waals surface area contributed by atoms with Crippen molar-refractivity contribution in [3.63, 3.8) is 0 Å². The SMILES string of the molecule is NC(c1cc(F)c(F)cc1F)c1ccccc1OC(F)F. The number of benzene rings is 2. The Kier molecular flexibility index (Phi) is 4.42. The summed E-state index contributed by atoms with van der Waals surface area (Å²) in [5.74, 6) is -3.98. The summed E-state index contributed by atoms with van der Waals surface area (Å²) in [7, 11) is 0. The molecule has 7 heteroatoms. The van der Waals surface area contributed by atoms with Gasteiger partial charge in [-0.1, -0.05) is 18.2 Å². The molecule has 0 radical (unpaired) electrons. The molecule has 0 amide bonds. The van der Waals surface area contributed by atoms with Crippen LogP contribution in [0.1, 0.15) is 17.2 Å². The van der Waals surface area contributed by atoms with Crippen molar-refractivity contribution < 1.29 is 26.7 Å². The van der Waals surface area contributed by atoms with E-state index < -0.39 is 30.1 Å². The second-order valence-corrected chi connectivity index (χ2v) is 4.18. The van der Waals surface area contributed by atoms with Crippen LogP contribution in [0.15, 0.2) is 36.4 Å². The van der Waals surface area contributed by atoms with E-state index in [0.29, 0.717) is 12.1 Å². The van der Waals surface area contributed by atoms with Crippen LogP contribution >= 0.6 is 0 Å². The first-order chi connectivity index (χ1) is 9.90. The molecule has 112 valence electrons. The van der Waals surface area contributed by atoms with E-state index in [0.717, 1.165) is 0 Å². The topological polar surface area (TPSA) is 35.2 Å². The van der Waals surface area contributed by atoms with E-state index >= 15 is 0 Å². The largest absolute Gasteiger partial charge is 0.434 e. The zero-order valence-corrected chi connectivity index (χ0v) is 10.5. The first kappa shape index (κ1) is 15.2. The molecule has 0 saturated carbocycles. The molecule has 21 heavy (non-hydrogen) atoms. The summed E-state index contributed by atoms with van der Waals surface area (Å²) in [6, 6.07) is 5.12. The number of hydrogen-bond acceptors (Lipinski definition) is 2. The summed E-state index contributed by atoms with van der Waals surface area (Å²) < 4.78 is 68.7. The Balaban J connectivity index is 2.45. The summed E-state index contributed by atoms with van der Waals surface area (Å²) in [4.78, 5) is 0. The van der Waals surface area contributed by atoms with E-state index in [1.54, 1.807) is 0 Å². The molecule has 1 unspecified atom stereocenters. The van der Waals surface area contributed by atoms with Gasteiger partial charge in [-0.15, -0.1) is 0 Å². The Morgan fingerprint density at radius 3 is 2.14 bits per heavy atom. The van der Waals surface area contributed by atoms with Gasteiger partial charge < -0.3 is 10.5 Å². The van der Waals surface area contributed by atoms with Gasteiger partial charge in [-0.25, -0.2) is 13.2 Å². The van der Waals surface area contributed by atoms with Crippen molar-refractivity contribution in [1.29, 1.82) is 0 Å². The molecule has 2 nitrogen and oxygen atoms in total. The van der Waals surface area contributed by atoms with Gasteiger partial charge >= 0.3 is 6.61 Å². The van der Waals surface area contributed by atoms with Gasteiger partial charge in [0.05, 0.1) is 6.04 Å². The van der Waals surface area contributed by atoms with Crippen molar-refractivity contribution in [3.8, 4) is 5.75 Å². The summed E-state index contributed by atoms with van der Waals surface area (Å²) in [6.07, 6.45) is 0. The molecule has 1 atom stereocenters. The minimum Gasteiger partial charge on any atom is -0.434 e. The monoisotopic (exact) mass is 303 g/mol. The number of para-hydroxylation sites is 1. The van der Waals surface area contributed by atoms with Crippen molar-refractivity contribution in [2.75, 3.05) is 0 Å². The lowest BCUT2D eigenvalue weighted by Gasteiger charge is -2.17. The lowest BCUT2D eigenvalue weighted by atomic mass is 9.98. The van der Waals surface area contributed by atoms with Gasteiger partial charge in [-0.2, -0.15) is 8.78 Å². The average molecular weight is 303 g/mol. The second-order valence-electron chi connectivity index (χ2n) is 4.18. The first-order valence-electron chi connectivity index (χ1n) is 5.84. The highest BCUT2D eigenvalue weighted by Crippen LogP contribution is 2.31. The maximum Gasteiger partial charge on any atom is 0.387 e. The third kappa shape index (κ3) is 3.30.